The summed E-state index contributed by atoms with van der Waals surface area (Å²) in [5.41, 5.74) is 2.17. The molecule has 98 valence electrons. The second-order valence-electron chi connectivity index (χ2n) is 5.33. The highest BCUT2D eigenvalue weighted by molar-refractivity contribution is 6.99. The van der Waals surface area contributed by atoms with E-state index in [1.807, 2.05) is 0 Å². The summed E-state index contributed by atoms with van der Waals surface area (Å²) >= 11 is 1.24. The zero-order valence-electron chi connectivity index (χ0n) is 10.8. The van der Waals surface area contributed by atoms with Gasteiger partial charge in [0.2, 0.25) is 0 Å². The minimum Gasteiger partial charge on any atom is -0.475 e. The fourth-order valence-electron chi connectivity index (χ4n) is 2.38. The largest absolute Gasteiger partial charge is 0.475 e. The first-order valence-corrected chi connectivity index (χ1v) is 7.38. The van der Waals surface area contributed by atoms with Crippen LogP contribution >= 0.6 is 11.7 Å². The Morgan fingerprint density at radius 3 is 3.00 bits per heavy atom. The van der Waals surface area contributed by atoms with Crippen LogP contribution in [0.25, 0.3) is 5.57 Å². The first-order chi connectivity index (χ1) is 8.75. The zero-order chi connectivity index (χ0) is 12.5. The van der Waals surface area contributed by atoms with Crippen molar-refractivity contribution < 1.29 is 4.74 Å². The second kappa shape index (κ2) is 4.97. The normalized spacial score (nSPS) is 31.0. The van der Waals surface area contributed by atoms with Crippen LogP contribution < -0.4 is 10.1 Å². The van der Waals surface area contributed by atoms with Crippen LogP contribution in [-0.2, 0) is 0 Å². The topological polar surface area (TPSA) is 47.0 Å². The van der Waals surface area contributed by atoms with Crippen molar-refractivity contribution in [1.29, 1.82) is 0 Å². The molecule has 4 nitrogen and oxygen atoms in total. The molecule has 1 saturated carbocycles. The molecule has 1 aliphatic heterocycles. The van der Waals surface area contributed by atoms with E-state index < -0.39 is 0 Å². The summed E-state index contributed by atoms with van der Waals surface area (Å²) in [7, 11) is 0. The van der Waals surface area contributed by atoms with Crippen LogP contribution in [0.3, 0.4) is 0 Å². The lowest BCUT2D eigenvalue weighted by Gasteiger charge is -2.21. The molecule has 0 aromatic carbocycles. The molecule has 0 amide bonds. The lowest BCUT2D eigenvalue weighted by molar-refractivity contribution is 0.283. The van der Waals surface area contributed by atoms with E-state index in [-0.39, 0.29) is 0 Å². The Morgan fingerprint density at radius 1 is 1.44 bits per heavy atom. The van der Waals surface area contributed by atoms with Gasteiger partial charge in [-0.3, -0.25) is 0 Å². The van der Waals surface area contributed by atoms with E-state index in [2.05, 4.69) is 34.0 Å². The van der Waals surface area contributed by atoms with Gasteiger partial charge in [0.15, 0.2) is 0 Å². The predicted molar refractivity (Wildman–Crippen MR) is 72.7 cm³/mol. The summed E-state index contributed by atoms with van der Waals surface area (Å²) in [6.45, 7) is 6.26. The molecule has 1 fully saturated rings. The van der Waals surface area contributed by atoms with Gasteiger partial charge in [-0.15, -0.1) is 4.37 Å². The highest BCUT2D eigenvalue weighted by atomic mass is 32.1. The van der Waals surface area contributed by atoms with Crippen LogP contribution in [0.5, 0.6) is 5.88 Å². The molecule has 3 unspecified atom stereocenters. The number of ether oxygens (including phenoxy) is 1. The van der Waals surface area contributed by atoms with Crippen molar-refractivity contribution in [2.24, 2.45) is 11.8 Å². The van der Waals surface area contributed by atoms with E-state index in [1.165, 1.54) is 23.7 Å². The third-order valence-electron chi connectivity index (χ3n) is 3.87. The number of hydrogen-bond acceptors (Lipinski definition) is 5. The van der Waals surface area contributed by atoms with Gasteiger partial charge in [-0.25, -0.2) is 0 Å². The van der Waals surface area contributed by atoms with E-state index in [0.29, 0.717) is 6.04 Å². The lowest BCUT2D eigenvalue weighted by atomic mass is 10.0. The van der Waals surface area contributed by atoms with Crippen LogP contribution in [0, 0.1) is 11.8 Å². The van der Waals surface area contributed by atoms with Crippen molar-refractivity contribution in [2.45, 2.75) is 32.7 Å². The van der Waals surface area contributed by atoms with Crippen molar-refractivity contribution in [3.8, 4) is 5.88 Å². The van der Waals surface area contributed by atoms with Gasteiger partial charge in [-0.05, 0) is 43.7 Å². The first kappa shape index (κ1) is 12.1. The molecule has 3 rings (SSSR count). The predicted octanol–water partition coefficient (Wildman–Crippen LogP) is 2.34. The SMILES string of the molecule is CC1NCCC=C1c1nsnc1OCC1CC1C. The Hall–Kier alpha value is -0.940. The third kappa shape index (κ3) is 2.42. The molecule has 1 aliphatic carbocycles. The molecule has 1 aromatic rings. The first-order valence-electron chi connectivity index (χ1n) is 6.65. The summed E-state index contributed by atoms with van der Waals surface area (Å²) < 4.78 is 14.5. The molecule has 2 aliphatic rings. The fourth-order valence-corrected chi connectivity index (χ4v) is 2.90. The molecule has 18 heavy (non-hydrogen) atoms. The maximum Gasteiger partial charge on any atom is 0.253 e. The van der Waals surface area contributed by atoms with Crippen molar-refractivity contribution >= 4 is 17.3 Å². The smallest absolute Gasteiger partial charge is 0.253 e. The summed E-state index contributed by atoms with van der Waals surface area (Å²) in [5, 5.41) is 3.44. The van der Waals surface area contributed by atoms with Gasteiger partial charge < -0.3 is 10.1 Å². The Kier molecular flexibility index (Phi) is 3.35. The molecule has 1 N–H and O–H groups in total. The summed E-state index contributed by atoms with van der Waals surface area (Å²) in [4.78, 5) is 0. The van der Waals surface area contributed by atoms with Crippen LogP contribution in [0.2, 0.25) is 0 Å². The fraction of sp³-hybridized carbons (Fsp3) is 0.692. The van der Waals surface area contributed by atoms with Crippen molar-refractivity contribution in [1.82, 2.24) is 14.1 Å². The van der Waals surface area contributed by atoms with Gasteiger partial charge >= 0.3 is 0 Å². The van der Waals surface area contributed by atoms with Crippen molar-refractivity contribution in [3.63, 3.8) is 0 Å². The standard InChI is InChI=1S/C13H19N3OS/c1-8-6-10(8)7-17-13-12(15-18-16-13)11-4-3-5-14-9(11)2/h4,8-10,14H,3,5-7H2,1-2H3. The number of nitrogens with one attached hydrogen (secondary N) is 1. The quantitative estimate of drug-likeness (QED) is 0.907. The molecule has 3 atom stereocenters. The van der Waals surface area contributed by atoms with Crippen LogP contribution in [0.4, 0.5) is 0 Å². The molecular formula is C13H19N3OS. The zero-order valence-corrected chi connectivity index (χ0v) is 11.7. The maximum absolute atomic E-state index is 5.84. The number of nitrogens with zero attached hydrogens (tertiary/aromatic N) is 2. The number of hydrogen-bond donors (Lipinski definition) is 1. The summed E-state index contributed by atoms with van der Waals surface area (Å²) in [6, 6.07) is 0.338. The Balaban J connectivity index is 1.72. The second-order valence-corrected chi connectivity index (χ2v) is 5.85. The monoisotopic (exact) mass is 265 g/mol. The van der Waals surface area contributed by atoms with Crippen molar-refractivity contribution in [2.75, 3.05) is 13.2 Å². The molecule has 2 heterocycles. The highest BCUT2D eigenvalue weighted by Gasteiger charge is 2.33. The molecule has 0 saturated heterocycles. The minimum absolute atomic E-state index is 0.338. The average Bonchev–Trinajstić information content (AvgIpc) is 2.89. The maximum atomic E-state index is 5.84. The Morgan fingerprint density at radius 2 is 2.28 bits per heavy atom. The van der Waals surface area contributed by atoms with Crippen LogP contribution in [0.1, 0.15) is 32.4 Å². The molecular weight excluding hydrogens is 246 g/mol. The van der Waals surface area contributed by atoms with Gasteiger partial charge in [0.25, 0.3) is 5.88 Å². The van der Waals surface area contributed by atoms with E-state index in [4.69, 9.17) is 4.74 Å². The number of rotatable bonds is 4. The molecule has 1 aromatic heterocycles. The van der Waals surface area contributed by atoms with Gasteiger partial charge in [0.1, 0.15) is 5.69 Å². The van der Waals surface area contributed by atoms with Crippen molar-refractivity contribution in [3.05, 3.63) is 11.8 Å². The van der Waals surface area contributed by atoms with Gasteiger partial charge in [-0.1, -0.05) is 13.0 Å². The van der Waals surface area contributed by atoms with E-state index >= 15 is 0 Å². The number of aromatic nitrogens is 2. The third-order valence-corrected chi connectivity index (χ3v) is 4.38. The van der Waals surface area contributed by atoms with Crippen LogP contribution in [0.15, 0.2) is 6.08 Å². The minimum atomic E-state index is 0.338. The van der Waals surface area contributed by atoms with Gasteiger partial charge in [0.05, 0.1) is 18.3 Å². The molecule has 0 bridgehead atoms. The molecule has 0 radical (unpaired) electrons. The summed E-state index contributed by atoms with van der Waals surface area (Å²) in [5.74, 6) is 2.26. The lowest BCUT2D eigenvalue weighted by Crippen LogP contribution is -2.31. The highest BCUT2D eigenvalue weighted by Crippen LogP contribution is 2.38. The van der Waals surface area contributed by atoms with Crippen LogP contribution in [-0.4, -0.2) is 27.9 Å². The van der Waals surface area contributed by atoms with E-state index in [0.717, 1.165) is 43.0 Å². The molecule has 0 spiro atoms. The van der Waals surface area contributed by atoms with E-state index in [9.17, 15) is 0 Å². The molecule has 5 heteroatoms. The Labute approximate surface area is 112 Å². The Bertz CT molecular complexity index is 457. The van der Waals surface area contributed by atoms with Gasteiger partial charge in [0, 0.05) is 6.04 Å². The summed E-state index contributed by atoms with van der Waals surface area (Å²) in [6.07, 6.45) is 4.59. The van der Waals surface area contributed by atoms with E-state index in [1.54, 1.807) is 0 Å². The van der Waals surface area contributed by atoms with Gasteiger partial charge in [-0.2, -0.15) is 4.37 Å². The average molecular weight is 265 g/mol.